The van der Waals surface area contributed by atoms with E-state index in [1.807, 2.05) is 42.6 Å². The first-order valence-electron chi connectivity index (χ1n) is 35.6. The van der Waals surface area contributed by atoms with Gasteiger partial charge in [-0.25, -0.2) is 14.6 Å². The molecule has 1 saturated heterocycles. The molecule has 26 nitrogen and oxygen atoms in total. The minimum atomic E-state index is -1.88. The number of benzene rings is 3. The number of aryl methyl sites for hydroxylation is 1. The van der Waals surface area contributed by atoms with Gasteiger partial charge in [-0.2, -0.15) is 5.10 Å². The zero-order valence-corrected chi connectivity index (χ0v) is 58.9. The number of aliphatic carboxylic acids is 1. The predicted octanol–water partition coefficient (Wildman–Crippen LogP) is 7.46. The molecule has 7 aliphatic rings. The van der Waals surface area contributed by atoms with Gasteiger partial charge in [-0.15, -0.1) is 0 Å². The van der Waals surface area contributed by atoms with Crippen LogP contribution in [0.15, 0.2) is 97.2 Å². The molecule has 5 heterocycles. The SMILES string of the molecule is Cc1c(-c2ccc(C3CCc4cccc(C(=O)Nc5nc6ccccc6s5)c4C3)nc2CO)cnn1CC12CC3CC(C1)CC(OCCOCCOCCN(C)C(=O)OC/C=C/c1ccc(C[C@@H]4O[C@H](C(=O)O)[C@@H](O)[C@H](O)[C@H]4O)c(NC(=O)CCNC(=O)CCCCCN4C(=O)C=CC4=O)c1)(C3)C2. The predicted molar refractivity (Wildman–Crippen MR) is 380 cm³/mol. The molecular formula is C76H91N9O17S. The van der Waals surface area contributed by atoms with Crippen LogP contribution in [0.25, 0.3) is 27.4 Å². The lowest BCUT2D eigenvalue weighted by molar-refractivity contribution is -0.227. The van der Waals surface area contributed by atoms with Gasteiger partial charge in [0.25, 0.3) is 17.7 Å². The Bertz CT molecular complexity index is 4090. The number of carboxylic acids is 1. The summed E-state index contributed by atoms with van der Waals surface area (Å²) in [5, 5.41) is 66.1. The number of carbonyl (C=O) groups is 7. The Kier molecular flexibility index (Phi) is 24.0. The first-order valence-corrected chi connectivity index (χ1v) is 36.5. The summed E-state index contributed by atoms with van der Waals surface area (Å²) in [7, 11) is 1.59. The Morgan fingerprint density at radius 3 is 2.38 bits per heavy atom. The third-order valence-corrected chi connectivity index (χ3v) is 21.9. The molecule has 3 aromatic heterocycles. The monoisotopic (exact) mass is 1430 g/mol. The lowest BCUT2D eigenvalue weighted by Crippen LogP contribution is -2.60. The quantitative estimate of drug-likeness (QED) is 0.0146. The zero-order chi connectivity index (χ0) is 72.4. The van der Waals surface area contributed by atoms with Crippen LogP contribution >= 0.6 is 11.3 Å². The molecule has 3 aromatic carbocycles. The number of pyridine rings is 1. The average Bonchev–Trinajstić information content (AvgIpc) is 1.40. The largest absolute Gasteiger partial charge is 0.479 e. The fourth-order valence-electron chi connectivity index (χ4n) is 16.2. The second kappa shape index (κ2) is 33.4. The van der Waals surface area contributed by atoms with Crippen molar-refractivity contribution >= 4 is 80.0 Å². The van der Waals surface area contributed by atoms with Crippen molar-refractivity contribution in [3.63, 3.8) is 0 Å². The van der Waals surface area contributed by atoms with E-state index in [0.29, 0.717) is 91.5 Å². The molecule has 548 valence electrons. The van der Waals surface area contributed by atoms with Crippen molar-refractivity contribution in [1.82, 2.24) is 34.9 Å². The number of thiazole rings is 1. The average molecular weight is 1430 g/mol. The molecule has 5 fully saturated rings. The fraction of sp³-hybridized carbons (Fsp3) is 0.500. The van der Waals surface area contributed by atoms with Crippen LogP contribution in [0.1, 0.15) is 133 Å². The van der Waals surface area contributed by atoms with Gasteiger partial charge in [0.05, 0.1) is 73.5 Å². The van der Waals surface area contributed by atoms with E-state index >= 15 is 0 Å². The number of anilines is 2. The number of ether oxygens (including phenoxy) is 5. The molecule has 13 rings (SSSR count). The third-order valence-electron chi connectivity index (χ3n) is 21.0. The number of carbonyl (C=O) groups excluding carboxylic acids is 6. The summed E-state index contributed by atoms with van der Waals surface area (Å²) >= 11 is 1.46. The number of aromatic nitrogens is 4. The number of nitrogens with zero attached hydrogens (tertiary/aromatic N) is 6. The normalized spacial score (nSPS) is 24.1. The van der Waals surface area contributed by atoms with E-state index in [1.165, 1.54) is 40.4 Å². The maximum Gasteiger partial charge on any atom is 0.409 e. The number of rotatable bonds is 33. The Labute approximate surface area is 600 Å². The third kappa shape index (κ3) is 17.9. The summed E-state index contributed by atoms with van der Waals surface area (Å²) in [5.74, 6) is -1.96. The Hall–Kier alpha value is -8.64. The number of hydrogen-bond donors (Lipinski definition) is 8. The molecule has 0 spiro atoms. The van der Waals surface area contributed by atoms with Gasteiger partial charge >= 0.3 is 12.1 Å². The fourth-order valence-corrected chi connectivity index (χ4v) is 17.1. The van der Waals surface area contributed by atoms with Crippen molar-refractivity contribution < 1.29 is 82.8 Å². The summed E-state index contributed by atoms with van der Waals surface area (Å²) in [6, 6.07) is 22.8. The molecule has 8 atom stereocenters. The van der Waals surface area contributed by atoms with Crippen LogP contribution < -0.4 is 16.0 Å². The zero-order valence-electron chi connectivity index (χ0n) is 58.0. The highest BCUT2D eigenvalue weighted by atomic mass is 32.1. The van der Waals surface area contributed by atoms with Crippen LogP contribution in [0.5, 0.6) is 0 Å². The van der Waals surface area contributed by atoms with E-state index in [1.54, 1.807) is 37.4 Å². The van der Waals surface area contributed by atoms with Crippen molar-refractivity contribution in [2.75, 3.05) is 77.0 Å². The van der Waals surface area contributed by atoms with Gasteiger partial charge in [0.1, 0.15) is 24.9 Å². The number of imide groups is 1. The van der Waals surface area contributed by atoms with Crippen molar-refractivity contribution in [2.24, 2.45) is 17.3 Å². The first kappa shape index (κ1) is 74.1. The van der Waals surface area contributed by atoms with Crippen LogP contribution in [-0.4, -0.2) is 199 Å². The molecule has 2 aliphatic heterocycles. The maximum absolute atomic E-state index is 13.8. The lowest BCUT2D eigenvalue weighted by Gasteiger charge is -2.61. The van der Waals surface area contributed by atoms with Gasteiger partial charge in [-0.3, -0.25) is 43.9 Å². The highest BCUT2D eigenvalue weighted by Crippen LogP contribution is 2.63. The number of aliphatic hydroxyl groups is 4. The summed E-state index contributed by atoms with van der Waals surface area (Å²) in [4.78, 5) is 100. The second-order valence-corrected chi connectivity index (χ2v) is 29.3. The Morgan fingerprint density at radius 1 is 0.825 bits per heavy atom. The number of carboxylic acid groups (broad SMARTS) is 1. The molecular weight excluding hydrogens is 1340 g/mol. The Morgan fingerprint density at radius 2 is 1.60 bits per heavy atom. The van der Waals surface area contributed by atoms with Crippen LogP contribution in [0.3, 0.4) is 0 Å². The molecule has 0 radical (unpaired) electrons. The first-order chi connectivity index (χ1) is 49.7. The number of amides is 6. The number of hydrogen-bond acceptors (Lipinski definition) is 20. The van der Waals surface area contributed by atoms with E-state index in [-0.39, 0.29) is 105 Å². The number of para-hydroxylation sites is 1. The molecule has 5 aliphatic carbocycles. The van der Waals surface area contributed by atoms with E-state index < -0.39 is 48.5 Å². The van der Waals surface area contributed by atoms with E-state index in [2.05, 4.69) is 50.7 Å². The smallest absolute Gasteiger partial charge is 0.409 e. The molecule has 6 amide bonds. The van der Waals surface area contributed by atoms with Gasteiger partial charge < -0.3 is 64.8 Å². The topological polar surface area (TPSA) is 353 Å². The molecule has 3 unspecified atom stereocenters. The number of unbranched alkanes of at least 4 members (excludes halogenated alkanes) is 2. The standard InChI is InChI=1S/C76H91N9O17S/c1-46-56(53-20-21-57(79-60(53)43-86)51-19-18-50-11-8-12-54(55(50)36-51)71(94)82-73-81-58-13-5-6-14-62(58)103-73)42-78-85(46)45-75-38-48-34-49(39-75)41-76(40-48,44-75)101-33-32-99-31-30-98-29-27-83(2)74(97)100-28-9-10-47-16-17-52(37-61-67(91)68(92)69(93)70(102-61)72(95)96)59(35-47)80-64(88)24-25-77-63(87)15-4-3-7-26-84-65(89)22-23-66(84)90/h5-6,8-14,16-17,20-23,35,42,48-49,51,61,67-70,86,91-93H,3-4,7,15,18-19,24-34,36-41,43-45H2,1-2H3,(H,77,87)(H,80,88)(H,95,96)(H,81,82,94)/b10-9+/t48?,49?,51?,61-,67-,68+,69-,70-,75?,76?/m0/s1. The van der Waals surface area contributed by atoms with Crippen molar-refractivity contribution in [3.05, 3.63) is 142 Å². The Balaban J connectivity index is 0.559. The number of aliphatic hydroxyl groups excluding tert-OH is 4. The second-order valence-electron chi connectivity index (χ2n) is 28.3. The highest BCUT2D eigenvalue weighted by Gasteiger charge is 2.59. The molecule has 4 saturated carbocycles. The minimum Gasteiger partial charge on any atom is -0.479 e. The molecule has 6 aromatic rings. The van der Waals surface area contributed by atoms with E-state index in [9.17, 15) is 59.1 Å². The lowest BCUT2D eigenvalue weighted by atomic mass is 9.48. The molecule has 103 heavy (non-hydrogen) atoms. The van der Waals surface area contributed by atoms with Crippen molar-refractivity contribution in [2.45, 2.75) is 158 Å². The molecule has 8 N–H and O–H groups in total. The van der Waals surface area contributed by atoms with Gasteiger partial charge in [-0.05, 0) is 153 Å². The summed E-state index contributed by atoms with van der Waals surface area (Å²) in [5.41, 5.74) is 9.12. The van der Waals surface area contributed by atoms with Gasteiger partial charge in [0.2, 0.25) is 11.8 Å². The summed E-state index contributed by atoms with van der Waals surface area (Å²) in [6.45, 7) is 4.88. The van der Waals surface area contributed by atoms with Crippen LogP contribution in [0, 0.1) is 24.2 Å². The van der Waals surface area contributed by atoms with E-state index in [0.717, 1.165) is 94.7 Å². The van der Waals surface area contributed by atoms with Crippen molar-refractivity contribution in [3.8, 4) is 11.1 Å². The molecule has 4 bridgehead atoms. The minimum absolute atomic E-state index is 0.00290. The molecule has 27 heteroatoms. The number of likely N-dealkylation sites (N-methyl/N-ethyl adjacent to an activating group) is 1. The van der Waals surface area contributed by atoms with Gasteiger partial charge in [-0.1, -0.05) is 66.3 Å². The van der Waals surface area contributed by atoms with E-state index in [4.69, 9.17) is 33.8 Å². The number of nitrogens with one attached hydrogen (secondary N) is 3. The highest BCUT2D eigenvalue weighted by molar-refractivity contribution is 7.22. The van der Waals surface area contributed by atoms with Crippen molar-refractivity contribution in [1.29, 1.82) is 0 Å². The van der Waals surface area contributed by atoms with Crippen LogP contribution in [0.4, 0.5) is 15.6 Å². The number of fused-ring (bicyclic) bond motifs is 2. The summed E-state index contributed by atoms with van der Waals surface area (Å²) < 4.78 is 32.8. The van der Waals surface area contributed by atoms with Gasteiger partial charge in [0.15, 0.2) is 11.2 Å². The van der Waals surface area contributed by atoms with Gasteiger partial charge in [0, 0.05) is 104 Å². The van der Waals surface area contributed by atoms with Crippen LogP contribution in [0.2, 0.25) is 0 Å². The maximum atomic E-state index is 13.8. The van der Waals surface area contributed by atoms with Crippen LogP contribution in [-0.2, 0) is 80.1 Å². The summed E-state index contributed by atoms with van der Waals surface area (Å²) in [6.07, 6.45) is 8.97.